The van der Waals surface area contributed by atoms with Crippen molar-refractivity contribution in [2.45, 2.75) is 51.5 Å². The Morgan fingerprint density at radius 2 is 1.71 bits per heavy atom. The van der Waals surface area contributed by atoms with Crippen LogP contribution >= 0.6 is 12.4 Å². The maximum Gasteiger partial charge on any atom is 0.255 e. The van der Waals surface area contributed by atoms with E-state index in [0.717, 1.165) is 37.1 Å². The normalized spacial score (nSPS) is 15.7. The maximum atomic E-state index is 12.9. The lowest BCUT2D eigenvalue weighted by Crippen LogP contribution is -2.42. The molecule has 0 aliphatic carbocycles. The van der Waals surface area contributed by atoms with Crippen LogP contribution in [0.2, 0.25) is 0 Å². The van der Waals surface area contributed by atoms with Crippen LogP contribution in [0.25, 0.3) is 0 Å². The minimum Gasteiger partial charge on any atom is -0.322 e. The molecule has 0 spiro atoms. The van der Waals surface area contributed by atoms with Crippen LogP contribution in [0.4, 0.5) is 5.69 Å². The molecule has 1 saturated heterocycles. The van der Waals surface area contributed by atoms with Crippen molar-refractivity contribution in [3.8, 4) is 0 Å². The van der Waals surface area contributed by atoms with Crippen LogP contribution in [0, 0.1) is 26.7 Å². The summed E-state index contributed by atoms with van der Waals surface area (Å²) in [6, 6.07) is 10.4. The van der Waals surface area contributed by atoms with Gasteiger partial charge in [0, 0.05) is 17.3 Å². The van der Waals surface area contributed by atoms with Crippen molar-refractivity contribution in [2.75, 3.05) is 18.4 Å². The molecule has 170 valence electrons. The predicted molar refractivity (Wildman–Crippen MR) is 128 cm³/mol. The minimum absolute atomic E-state index is 0. The van der Waals surface area contributed by atoms with Gasteiger partial charge in [-0.2, -0.15) is 0 Å². The smallest absolute Gasteiger partial charge is 0.255 e. The zero-order chi connectivity index (χ0) is 21.9. The molecule has 2 aromatic carbocycles. The lowest BCUT2D eigenvalue weighted by atomic mass is 9.92. The number of hydrogen-bond donors (Lipinski definition) is 3. The van der Waals surface area contributed by atoms with Crippen LogP contribution in [-0.2, 0) is 10.0 Å². The van der Waals surface area contributed by atoms with E-state index < -0.39 is 10.0 Å². The van der Waals surface area contributed by atoms with Crippen LogP contribution in [0.3, 0.4) is 0 Å². The summed E-state index contributed by atoms with van der Waals surface area (Å²) < 4.78 is 28.5. The number of aryl methyl sites for hydroxylation is 3. The Hall–Kier alpha value is -1.93. The van der Waals surface area contributed by atoms with E-state index >= 15 is 0 Å². The monoisotopic (exact) mass is 465 g/mol. The SMILES string of the molecule is Cc1ccc(C(=O)Nc2ccc(S(=O)(=O)N[C@H](C)C3CCNCC3)cc2C)c(C)c1.Cl. The summed E-state index contributed by atoms with van der Waals surface area (Å²) in [7, 11) is -3.62. The molecule has 0 saturated carbocycles. The van der Waals surface area contributed by atoms with E-state index in [2.05, 4.69) is 15.4 Å². The van der Waals surface area contributed by atoms with Crippen molar-refractivity contribution < 1.29 is 13.2 Å². The summed E-state index contributed by atoms with van der Waals surface area (Å²) >= 11 is 0. The number of sulfonamides is 1. The molecule has 1 amide bonds. The predicted octanol–water partition coefficient (Wildman–Crippen LogP) is 3.95. The summed E-state index contributed by atoms with van der Waals surface area (Å²) in [6.45, 7) is 9.46. The van der Waals surface area contributed by atoms with Gasteiger partial charge in [-0.15, -0.1) is 12.4 Å². The van der Waals surface area contributed by atoms with E-state index in [0.29, 0.717) is 22.7 Å². The van der Waals surface area contributed by atoms with E-state index in [1.54, 1.807) is 31.2 Å². The van der Waals surface area contributed by atoms with E-state index in [9.17, 15) is 13.2 Å². The Morgan fingerprint density at radius 3 is 2.32 bits per heavy atom. The number of piperidine rings is 1. The number of anilines is 1. The third-order valence-corrected chi connectivity index (χ3v) is 7.37. The van der Waals surface area contributed by atoms with Gasteiger partial charge in [0.25, 0.3) is 5.91 Å². The molecular formula is C23H32ClN3O3S. The van der Waals surface area contributed by atoms with Gasteiger partial charge >= 0.3 is 0 Å². The van der Waals surface area contributed by atoms with Crippen molar-refractivity contribution >= 4 is 34.0 Å². The van der Waals surface area contributed by atoms with Gasteiger partial charge in [-0.05, 0) is 94.9 Å². The lowest BCUT2D eigenvalue weighted by molar-refractivity contribution is 0.102. The number of rotatable bonds is 6. The Labute approximate surface area is 191 Å². The molecular weight excluding hydrogens is 434 g/mol. The van der Waals surface area contributed by atoms with Gasteiger partial charge in [0.1, 0.15) is 0 Å². The van der Waals surface area contributed by atoms with Crippen molar-refractivity contribution in [3.63, 3.8) is 0 Å². The fraction of sp³-hybridized carbons (Fsp3) is 0.435. The molecule has 3 N–H and O–H groups in total. The molecule has 0 bridgehead atoms. The molecule has 1 heterocycles. The second-order valence-corrected chi connectivity index (χ2v) is 9.96. The molecule has 2 aromatic rings. The zero-order valence-electron chi connectivity index (χ0n) is 18.5. The van der Waals surface area contributed by atoms with Crippen LogP contribution in [-0.4, -0.2) is 33.5 Å². The third kappa shape index (κ3) is 6.29. The van der Waals surface area contributed by atoms with Gasteiger partial charge in [-0.25, -0.2) is 13.1 Å². The number of amides is 1. The molecule has 1 aliphatic rings. The summed E-state index contributed by atoms with van der Waals surface area (Å²) in [6.07, 6.45) is 1.93. The van der Waals surface area contributed by atoms with Crippen LogP contribution in [0.1, 0.15) is 46.8 Å². The standard InChI is InChI=1S/C23H31N3O3S.ClH/c1-15-5-7-21(16(2)13-15)23(27)25-22-8-6-20(14-17(22)3)30(28,29)26-18(4)19-9-11-24-12-10-19;/h5-8,13-14,18-19,24,26H,9-12H2,1-4H3,(H,25,27);1H/t18-;/m1./s1. The van der Waals surface area contributed by atoms with Gasteiger partial charge in [0.15, 0.2) is 0 Å². The summed E-state index contributed by atoms with van der Waals surface area (Å²) in [5, 5.41) is 6.20. The lowest BCUT2D eigenvalue weighted by Gasteiger charge is -2.28. The highest BCUT2D eigenvalue weighted by Gasteiger charge is 2.25. The molecule has 6 nitrogen and oxygen atoms in total. The Balaban J connectivity index is 0.00000341. The van der Waals surface area contributed by atoms with Gasteiger partial charge in [0.05, 0.1) is 4.90 Å². The zero-order valence-corrected chi connectivity index (χ0v) is 20.1. The molecule has 1 aliphatic heterocycles. The molecule has 8 heteroatoms. The second-order valence-electron chi connectivity index (χ2n) is 8.25. The number of carbonyl (C=O) groups is 1. The molecule has 0 radical (unpaired) electrons. The van der Waals surface area contributed by atoms with E-state index in [1.807, 2.05) is 32.9 Å². The maximum absolute atomic E-state index is 12.9. The summed E-state index contributed by atoms with van der Waals surface area (Å²) in [4.78, 5) is 12.9. The highest BCUT2D eigenvalue weighted by molar-refractivity contribution is 7.89. The van der Waals surface area contributed by atoms with Crippen molar-refractivity contribution in [1.29, 1.82) is 0 Å². The topological polar surface area (TPSA) is 87.3 Å². The number of hydrogen-bond acceptors (Lipinski definition) is 4. The average molecular weight is 466 g/mol. The molecule has 3 rings (SSSR count). The molecule has 1 atom stereocenters. The van der Waals surface area contributed by atoms with Crippen molar-refractivity contribution in [3.05, 3.63) is 58.7 Å². The first-order chi connectivity index (χ1) is 14.2. The summed E-state index contributed by atoms with van der Waals surface area (Å²) in [5.41, 5.74) is 3.91. The molecule has 1 fully saturated rings. The molecule has 0 unspecified atom stereocenters. The number of halogens is 1. The fourth-order valence-electron chi connectivity index (χ4n) is 3.95. The van der Waals surface area contributed by atoms with E-state index in [1.165, 1.54) is 0 Å². The van der Waals surface area contributed by atoms with Crippen molar-refractivity contribution in [1.82, 2.24) is 10.0 Å². The van der Waals surface area contributed by atoms with Crippen LogP contribution in [0.15, 0.2) is 41.3 Å². The van der Waals surface area contributed by atoms with E-state index in [-0.39, 0.29) is 29.3 Å². The largest absolute Gasteiger partial charge is 0.322 e. The highest BCUT2D eigenvalue weighted by Crippen LogP contribution is 2.23. The van der Waals surface area contributed by atoms with Crippen molar-refractivity contribution in [2.24, 2.45) is 5.92 Å². The number of carbonyl (C=O) groups excluding carboxylic acids is 1. The quantitative estimate of drug-likeness (QED) is 0.602. The summed E-state index contributed by atoms with van der Waals surface area (Å²) in [5.74, 6) is 0.127. The minimum atomic E-state index is -3.62. The van der Waals surface area contributed by atoms with Crippen LogP contribution < -0.4 is 15.4 Å². The Morgan fingerprint density at radius 1 is 1.03 bits per heavy atom. The van der Waals surface area contributed by atoms with Crippen LogP contribution in [0.5, 0.6) is 0 Å². The van der Waals surface area contributed by atoms with Gasteiger partial charge in [-0.3, -0.25) is 4.79 Å². The second kappa shape index (κ2) is 10.6. The highest BCUT2D eigenvalue weighted by atomic mass is 35.5. The number of benzene rings is 2. The number of nitrogens with one attached hydrogen (secondary N) is 3. The molecule has 0 aromatic heterocycles. The Kier molecular flexibility index (Phi) is 8.65. The Bertz CT molecular complexity index is 1030. The molecule has 31 heavy (non-hydrogen) atoms. The van der Waals surface area contributed by atoms with Gasteiger partial charge in [0.2, 0.25) is 10.0 Å². The average Bonchev–Trinajstić information content (AvgIpc) is 2.69. The third-order valence-electron chi connectivity index (χ3n) is 5.81. The fourth-order valence-corrected chi connectivity index (χ4v) is 5.35. The van der Waals surface area contributed by atoms with Gasteiger partial charge < -0.3 is 10.6 Å². The first-order valence-corrected chi connectivity index (χ1v) is 11.9. The first kappa shape index (κ1) is 25.3. The first-order valence-electron chi connectivity index (χ1n) is 10.4. The van der Waals surface area contributed by atoms with Gasteiger partial charge in [-0.1, -0.05) is 17.7 Å². The van der Waals surface area contributed by atoms with E-state index in [4.69, 9.17) is 0 Å².